The molecule has 3 heteroatoms. The lowest BCUT2D eigenvalue weighted by atomic mass is 9.77. The van der Waals surface area contributed by atoms with Crippen molar-refractivity contribution >= 4 is 0 Å². The molecular formula is C12H23NO2. The van der Waals surface area contributed by atoms with Crippen LogP contribution in [0.15, 0.2) is 0 Å². The Bertz CT molecular complexity index is 188. The number of hydrogen-bond acceptors (Lipinski definition) is 3. The molecule has 3 nitrogen and oxygen atoms in total. The molecule has 0 aliphatic heterocycles. The van der Waals surface area contributed by atoms with Crippen molar-refractivity contribution in [3.63, 3.8) is 0 Å². The smallest absolute Gasteiger partial charge is 0.0707 e. The first kappa shape index (κ1) is 11.4. The van der Waals surface area contributed by atoms with E-state index in [2.05, 4.69) is 5.32 Å². The lowest BCUT2D eigenvalue weighted by Gasteiger charge is -2.42. The maximum Gasteiger partial charge on any atom is 0.0707 e. The van der Waals surface area contributed by atoms with Gasteiger partial charge in [-0.1, -0.05) is 0 Å². The monoisotopic (exact) mass is 213 g/mol. The van der Waals surface area contributed by atoms with E-state index in [1.54, 1.807) is 7.11 Å². The number of nitrogens with one attached hydrogen (secondary N) is 1. The molecule has 0 saturated heterocycles. The van der Waals surface area contributed by atoms with Gasteiger partial charge in [-0.25, -0.2) is 0 Å². The Hall–Kier alpha value is -0.120. The fourth-order valence-corrected chi connectivity index (χ4v) is 2.17. The highest BCUT2D eigenvalue weighted by molar-refractivity contribution is 4.91. The van der Waals surface area contributed by atoms with Crippen molar-refractivity contribution in [3.05, 3.63) is 0 Å². The van der Waals surface area contributed by atoms with Crippen LogP contribution in [0.2, 0.25) is 0 Å². The molecule has 15 heavy (non-hydrogen) atoms. The normalized spacial score (nSPS) is 23.8. The van der Waals surface area contributed by atoms with Gasteiger partial charge in [0.2, 0.25) is 0 Å². The predicted molar refractivity (Wildman–Crippen MR) is 60.1 cm³/mol. The van der Waals surface area contributed by atoms with E-state index in [9.17, 15) is 0 Å². The quantitative estimate of drug-likeness (QED) is 0.623. The molecule has 0 aromatic heterocycles. The largest absolute Gasteiger partial charge is 0.382 e. The summed E-state index contributed by atoms with van der Waals surface area (Å²) in [7, 11) is 1.73. The van der Waals surface area contributed by atoms with Crippen LogP contribution in [0.5, 0.6) is 0 Å². The predicted octanol–water partition coefficient (Wildman–Crippen LogP) is 1.71. The van der Waals surface area contributed by atoms with Crippen molar-refractivity contribution in [1.29, 1.82) is 0 Å². The summed E-state index contributed by atoms with van der Waals surface area (Å²) in [6, 6.07) is 0.820. The average Bonchev–Trinajstić information content (AvgIpc) is 2.97. The maximum absolute atomic E-state index is 5.94. The van der Waals surface area contributed by atoms with Crippen molar-refractivity contribution < 1.29 is 9.47 Å². The molecule has 0 aromatic rings. The van der Waals surface area contributed by atoms with Crippen molar-refractivity contribution in [2.24, 2.45) is 0 Å². The summed E-state index contributed by atoms with van der Waals surface area (Å²) in [5, 5.41) is 3.56. The van der Waals surface area contributed by atoms with Gasteiger partial charge < -0.3 is 14.8 Å². The Morgan fingerprint density at radius 3 is 2.60 bits per heavy atom. The van der Waals surface area contributed by atoms with Gasteiger partial charge in [-0.15, -0.1) is 0 Å². The summed E-state index contributed by atoms with van der Waals surface area (Å²) in [6.07, 6.45) is 7.73. The SMILES string of the molecule is COCCOC1(CCNC2CC2)CCC1. The van der Waals surface area contributed by atoms with Gasteiger partial charge in [0, 0.05) is 13.2 Å². The van der Waals surface area contributed by atoms with E-state index in [1.165, 1.54) is 38.5 Å². The highest BCUT2D eigenvalue weighted by Crippen LogP contribution is 2.38. The third kappa shape index (κ3) is 3.44. The van der Waals surface area contributed by atoms with E-state index in [4.69, 9.17) is 9.47 Å². The number of ether oxygens (including phenoxy) is 2. The second-order valence-electron chi connectivity index (χ2n) is 4.86. The minimum absolute atomic E-state index is 0.195. The topological polar surface area (TPSA) is 30.5 Å². The summed E-state index contributed by atoms with van der Waals surface area (Å²) in [5.41, 5.74) is 0.195. The number of rotatable bonds is 8. The zero-order chi connectivity index (χ0) is 10.6. The molecule has 0 heterocycles. The molecule has 0 atom stereocenters. The fourth-order valence-electron chi connectivity index (χ4n) is 2.17. The second kappa shape index (κ2) is 5.28. The molecule has 0 aromatic carbocycles. The number of methoxy groups -OCH3 is 1. The molecular weight excluding hydrogens is 190 g/mol. The summed E-state index contributed by atoms with van der Waals surface area (Å²) in [6.45, 7) is 2.59. The van der Waals surface area contributed by atoms with E-state index in [-0.39, 0.29) is 5.60 Å². The van der Waals surface area contributed by atoms with Crippen molar-refractivity contribution in [3.8, 4) is 0 Å². The molecule has 88 valence electrons. The Balaban J connectivity index is 1.60. The molecule has 2 aliphatic rings. The van der Waals surface area contributed by atoms with E-state index in [0.717, 1.165) is 25.8 Å². The highest BCUT2D eigenvalue weighted by atomic mass is 16.5. The van der Waals surface area contributed by atoms with Gasteiger partial charge in [0.1, 0.15) is 0 Å². The average molecular weight is 213 g/mol. The highest BCUT2D eigenvalue weighted by Gasteiger charge is 2.37. The minimum atomic E-state index is 0.195. The Morgan fingerprint density at radius 1 is 1.27 bits per heavy atom. The Labute approximate surface area is 92.5 Å². The first-order chi connectivity index (χ1) is 7.35. The lowest BCUT2D eigenvalue weighted by Crippen LogP contribution is -2.43. The maximum atomic E-state index is 5.94. The molecule has 0 spiro atoms. The van der Waals surface area contributed by atoms with E-state index in [0.29, 0.717) is 0 Å². The third-order valence-corrected chi connectivity index (χ3v) is 3.55. The van der Waals surface area contributed by atoms with E-state index >= 15 is 0 Å². The van der Waals surface area contributed by atoms with E-state index < -0.39 is 0 Å². The summed E-state index contributed by atoms with van der Waals surface area (Å²) < 4.78 is 11.0. The van der Waals surface area contributed by atoms with Gasteiger partial charge in [-0.2, -0.15) is 0 Å². The van der Waals surface area contributed by atoms with E-state index in [1.807, 2.05) is 0 Å². The van der Waals surface area contributed by atoms with Gasteiger partial charge in [0.05, 0.1) is 18.8 Å². The molecule has 1 N–H and O–H groups in total. The van der Waals surface area contributed by atoms with Crippen LogP contribution >= 0.6 is 0 Å². The van der Waals surface area contributed by atoms with Crippen LogP contribution in [0.1, 0.15) is 38.5 Å². The van der Waals surface area contributed by atoms with Crippen LogP contribution in [-0.2, 0) is 9.47 Å². The van der Waals surface area contributed by atoms with Crippen molar-refractivity contribution in [1.82, 2.24) is 5.32 Å². The first-order valence-electron chi connectivity index (χ1n) is 6.21. The van der Waals surface area contributed by atoms with Gasteiger partial charge in [-0.3, -0.25) is 0 Å². The molecule has 0 amide bonds. The second-order valence-corrected chi connectivity index (χ2v) is 4.86. The summed E-state index contributed by atoms with van der Waals surface area (Å²) in [5.74, 6) is 0. The zero-order valence-electron chi connectivity index (χ0n) is 9.76. The van der Waals surface area contributed by atoms with Gasteiger partial charge in [-0.05, 0) is 45.1 Å². The lowest BCUT2D eigenvalue weighted by molar-refractivity contribution is -0.115. The fraction of sp³-hybridized carbons (Fsp3) is 1.00. The van der Waals surface area contributed by atoms with Gasteiger partial charge >= 0.3 is 0 Å². The van der Waals surface area contributed by atoms with Crippen LogP contribution in [0.25, 0.3) is 0 Å². The summed E-state index contributed by atoms with van der Waals surface area (Å²) >= 11 is 0. The summed E-state index contributed by atoms with van der Waals surface area (Å²) in [4.78, 5) is 0. The Morgan fingerprint density at radius 2 is 2.07 bits per heavy atom. The van der Waals surface area contributed by atoms with Crippen LogP contribution in [0.4, 0.5) is 0 Å². The molecule has 2 rings (SSSR count). The number of hydrogen-bond donors (Lipinski definition) is 1. The minimum Gasteiger partial charge on any atom is -0.382 e. The van der Waals surface area contributed by atoms with Crippen LogP contribution in [-0.4, -0.2) is 38.5 Å². The van der Waals surface area contributed by atoms with Crippen LogP contribution < -0.4 is 5.32 Å². The molecule has 2 fully saturated rings. The molecule has 0 bridgehead atoms. The standard InChI is InChI=1S/C12H23NO2/c1-14-9-10-15-12(5-2-6-12)7-8-13-11-3-4-11/h11,13H,2-10H2,1H3. The van der Waals surface area contributed by atoms with Crippen molar-refractivity contribution in [2.45, 2.75) is 50.2 Å². The van der Waals surface area contributed by atoms with Gasteiger partial charge in [0.15, 0.2) is 0 Å². The van der Waals surface area contributed by atoms with Crippen LogP contribution in [0.3, 0.4) is 0 Å². The van der Waals surface area contributed by atoms with Crippen LogP contribution in [0, 0.1) is 0 Å². The molecule has 2 saturated carbocycles. The molecule has 2 aliphatic carbocycles. The molecule has 0 radical (unpaired) electrons. The third-order valence-electron chi connectivity index (χ3n) is 3.55. The first-order valence-corrected chi connectivity index (χ1v) is 6.21. The Kier molecular flexibility index (Phi) is 4.00. The van der Waals surface area contributed by atoms with Gasteiger partial charge in [0.25, 0.3) is 0 Å². The van der Waals surface area contributed by atoms with Crippen molar-refractivity contribution in [2.75, 3.05) is 26.9 Å². The zero-order valence-corrected chi connectivity index (χ0v) is 9.76. The molecule has 0 unspecified atom stereocenters.